The van der Waals surface area contributed by atoms with Crippen LogP contribution in [0.4, 0.5) is 4.79 Å². The van der Waals surface area contributed by atoms with Crippen molar-refractivity contribution in [3.63, 3.8) is 0 Å². The van der Waals surface area contributed by atoms with E-state index in [4.69, 9.17) is 13.7 Å². The smallest absolute Gasteiger partial charge is 0.407 e. The van der Waals surface area contributed by atoms with Gasteiger partial charge in [-0.15, -0.1) is 0 Å². The molecule has 0 fully saturated rings. The van der Waals surface area contributed by atoms with E-state index in [9.17, 15) is 18.0 Å². The van der Waals surface area contributed by atoms with Gasteiger partial charge < -0.3 is 19.0 Å². The predicted molar refractivity (Wildman–Crippen MR) is 182 cm³/mol. The summed E-state index contributed by atoms with van der Waals surface area (Å²) in [6.07, 6.45) is -0.412. The summed E-state index contributed by atoms with van der Waals surface area (Å²) in [5.74, 6) is -1.18. The van der Waals surface area contributed by atoms with Gasteiger partial charge in [0, 0.05) is 12.5 Å². The minimum absolute atomic E-state index is 0.0235. The van der Waals surface area contributed by atoms with Crippen molar-refractivity contribution in [2.45, 2.75) is 30.8 Å². The molecule has 0 saturated heterocycles. The van der Waals surface area contributed by atoms with Crippen LogP contribution in [0.3, 0.4) is 0 Å². The molecule has 5 aromatic carbocycles. The van der Waals surface area contributed by atoms with Crippen LogP contribution in [-0.4, -0.2) is 33.6 Å². The van der Waals surface area contributed by atoms with Crippen molar-refractivity contribution in [1.29, 1.82) is 0 Å². The van der Waals surface area contributed by atoms with Crippen LogP contribution < -0.4 is 9.50 Å². The summed E-state index contributed by atoms with van der Waals surface area (Å²) in [5, 5.41) is 2.75. The van der Waals surface area contributed by atoms with Gasteiger partial charge in [0.1, 0.15) is 23.9 Å². The van der Waals surface area contributed by atoms with Crippen LogP contribution in [0.15, 0.2) is 132 Å². The SMILES string of the molecule is Cc1ccc(S(=O)(=O)Oc2ccc(CC(CNC(=O)OCC3c4ccccc4-c4ccccc43)C(=O)OCc3ccccc3)cc2)cc1. The number of hydrogen-bond acceptors (Lipinski definition) is 7. The fourth-order valence-electron chi connectivity index (χ4n) is 5.79. The first kappa shape index (κ1) is 32.5. The van der Waals surface area contributed by atoms with Gasteiger partial charge in [0.2, 0.25) is 0 Å². The van der Waals surface area contributed by atoms with Crippen molar-refractivity contribution in [1.82, 2.24) is 5.32 Å². The number of amides is 1. The Labute approximate surface area is 280 Å². The highest BCUT2D eigenvalue weighted by Crippen LogP contribution is 2.44. The average Bonchev–Trinajstić information content (AvgIpc) is 3.42. The molecule has 1 N–H and O–H groups in total. The molecule has 1 aliphatic carbocycles. The topological polar surface area (TPSA) is 108 Å². The summed E-state index contributed by atoms with van der Waals surface area (Å²) >= 11 is 0. The van der Waals surface area contributed by atoms with Crippen LogP contribution >= 0.6 is 0 Å². The number of alkyl carbamates (subject to hydrolysis) is 1. The lowest BCUT2D eigenvalue weighted by Crippen LogP contribution is -2.35. The van der Waals surface area contributed by atoms with E-state index in [2.05, 4.69) is 17.4 Å². The van der Waals surface area contributed by atoms with Gasteiger partial charge in [-0.25, -0.2) is 4.79 Å². The molecule has 9 heteroatoms. The second kappa shape index (κ2) is 14.6. The lowest BCUT2D eigenvalue weighted by Gasteiger charge is -2.18. The fourth-order valence-corrected chi connectivity index (χ4v) is 6.72. The largest absolute Gasteiger partial charge is 0.461 e. The van der Waals surface area contributed by atoms with Gasteiger partial charge in [-0.2, -0.15) is 8.42 Å². The second-order valence-corrected chi connectivity index (χ2v) is 13.2. The summed E-state index contributed by atoms with van der Waals surface area (Å²) in [7, 11) is -4.01. The summed E-state index contributed by atoms with van der Waals surface area (Å²) in [5.41, 5.74) is 6.97. The predicted octanol–water partition coefficient (Wildman–Crippen LogP) is 7.20. The molecule has 1 amide bonds. The van der Waals surface area contributed by atoms with Crippen LogP contribution in [0, 0.1) is 12.8 Å². The summed E-state index contributed by atoms with van der Waals surface area (Å²) in [4.78, 5) is 26.3. The molecule has 1 atom stereocenters. The van der Waals surface area contributed by atoms with Gasteiger partial charge in [-0.05, 0) is 71.0 Å². The normalized spacial score (nSPS) is 12.8. The van der Waals surface area contributed by atoms with Crippen molar-refractivity contribution in [2.75, 3.05) is 13.2 Å². The Bertz CT molecular complexity index is 1950. The summed E-state index contributed by atoms with van der Waals surface area (Å²) in [6, 6.07) is 38.3. The molecule has 0 saturated carbocycles. The Morgan fingerprint density at radius 2 is 1.31 bits per heavy atom. The molecule has 0 spiro atoms. The number of fused-ring (bicyclic) bond motifs is 3. The van der Waals surface area contributed by atoms with Gasteiger partial charge in [0.25, 0.3) is 0 Å². The van der Waals surface area contributed by atoms with Gasteiger partial charge >= 0.3 is 22.2 Å². The standard InChI is InChI=1S/C39H35NO7S/c1-27-15-21-32(22-16-27)48(43,44)47-31-19-17-28(18-20-31)23-30(38(41)45-25-29-9-3-2-4-10-29)24-40-39(42)46-26-37-35-13-7-5-11-33(35)34-12-6-8-14-36(34)37/h2-22,30,37H,23-26H2,1H3,(H,40,42). The molecule has 0 radical (unpaired) electrons. The number of benzene rings is 5. The maximum atomic E-state index is 13.3. The number of ether oxygens (including phenoxy) is 2. The minimum atomic E-state index is -4.01. The molecule has 0 aromatic heterocycles. The van der Waals surface area contributed by atoms with Crippen molar-refractivity contribution in [3.05, 3.63) is 155 Å². The Morgan fingerprint density at radius 1 is 0.708 bits per heavy atom. The third-order valence-corrected chi connectivity index (χ3v) is 9.58. The number of nitrogens with one attached hydrogen (secondary N) is 1. The van der Waals surface area contributed by atoms with Crippen LogP contribution in [0.2, 0.25) is 0 Å². The van der Waals surface area contributed by atoms with Crippen molar-refractivity contribution in [3.8, 4) is 16.9 Å². The quantitative estimate of drug-likeness (QED) is 0.111. The van der Waals surface area contributed by atoms with E-state index in [1.165, 1.54) is 24.3 Å². The minimum Gasteiger partial charge on any atom is -0.461 e. The lowest BCUT2D eigenvalue weighted by molar-refractivity contribution is -0.149. The third kappa shape index (κ3) is 7.75. The molecule has 0 bridgehead atoms. The van der Waals surface area contributed by atoms with Crippen LogP contribution in [0.25, 0.3) is 11.1 Å². The zero-order valence-electron chi connectivity index (χ0n) is 26.4. The highest BCUT2D eigenvalue weighted by Gasteiger charge is 2.29. The maximum absolute atomic E-state index is 13.3. The van der Waals surface area contributed by atoms with Crippen LogP contribution in [-0.2, 0) is 37.4 Å². The third-order valence-electron chi connectivity index (χ3n) is 8.31. The molecular formula is C39H35NO7S. The molecule has 8 nitrogen and oxygen atoms in total. The summed E-state index contributed by atoms with van der Waals surface area (Å²) in [6.45, 7) is 2.08. The molecular weight excluding hydrogens is 626 g/mol. The molecule has 1 unspecified atom stereocenters. The highest BCUT2D eigenvalue weighted by molar-refractivity contribution is 7.87. The number of carbonyl (C=O) groups is 2. The highest BCUT2D eigenvalue weighted by atomic mass is 32.2. The van der Waals surface area contributed by atoms with E-state index in [1.54, 1.807) is 24.3 Å². The van der Waals surface area contributed by atoms with Gasteiger partial charge in [-0.1, -0.05) is 109 Å². The summed E-state index contributed by atoms with van der Waals surface area (Å²) < 4.78 is 42.1. The maximum Gasteiger partial charge on any atom is 0.407 e. The molecule has 0 aliphatic heterocycles. The van der Waals surface area contributed by atoms with Crippen molar-refractivity contribution < 1.29 is 31.7 Å². The number of hydrogen-bond donors (Lipinski definition) is 1. The number of esters is 1. The Kier molecular flexibility index (Phi) is 9.87. The molecule has 244 valence electrons. The van der Waals surface area contributed by atoms with E-state index in [0.717, 1.165) is 38.9 Å². The molecule has 1 aliphatic rings. The number of aryl methyl sites for hydroxylation is 1. The zero-order valence-corrected chi connectivity index (χ0v) is 27.2. The van der Waals surface area contributed by atoms with Gasteiger partial charge in [-0.3, -0.25) is 4.79 Å². The zero-order chi connectivity index (χ0) is 33.5. The van der Waals surface area contributed by atoms with E-state index in [-0.39, 0.29) is 42.7 Å². The lowest BCUT2D eigenvalue weighted by atomic mass is 9.98. The number of rotatable bonds is 12. The van der Waals surface area contributed by atoms with Gasteiger partial charge in [0.15, 0.2) is 0 Å². The van der Waals surface area contributed by atoms with Crippen molar-refractivity contribution >= 4 is 22.2 Å². The first-order valence-corrected chi connectivity index (χ1v) is 17.1. The van der Waals surface area contributed by atoms with Gasteiger partial charge in [0.05, 0.1) is 5.92 Å². The molecule has 5 aromatic rings. The van der Waals surface area contributed by atoms with Crippen LogP contribution in [0.1, 0.15) is 33.7 Å². The first-order valence-electron chi connectivity index (χ1n) is 15.7. The van der Waals surface area contributed by atoms with Crippen LogP contribution in [0.5, 0.6) is 5.75 Å². The van der Waals surface area contributed by atoms with E-state index in [0.29, 0.717) is 0 Å². The van der Waals surface area contributed by atoms with Crippen molar-refractivity contribution in [2.24, 2.45) is 5.92 Å². The Hall–Kier alpha value is -5.41. The van der Waals surface area contributed by atoms with E-state index < -0.39 is 28.1 Å². The van der Waals surface area contributed by atoms with E-state index >= 15 is 0 Å². The molecule has 6 rings (SSSR count). The molecule has 48 heavy (non-hydrogen) atoms. The Morgan fingerprint density at radius 3 is 1.96 bits per heavy atom. The second-order valence-electron chi connectivity index (χ2n) is 11.7. The molecule has 0 heterocycles. The monoisotopic (exact) mass is 661 g/mol. The fraction of sp³-hybridized carbons (Fsp3) is 0.179. The van der Waals surface area contributed by atoms with E-state index in [1.807, 2.05) is 73.7 Å². The average molecular weight is 662 g/mol. The first-order chi connectivity index (χ1) is 23.3. The Balaban J connectivity index is 1.10. The number of carbonyl (C=O) groups excluding carboxylic acids is 2.